The molecule has 1 aliphatic carbocycles. The summed E-state index contributed by atoms with van der Waals surface area (Å²) in [6, 6.07) is 6.91. The molecule has 0 atom stereocenters. The Morgan fingerprint density at radius 3 is 3.00 bits per heavy atom. The van der Waals surface area contributed by atoms with Gasteiger partial charge < -0.3 is 5.11 Å². The molecule has 0 bridgehead atoms. The number of nitrogens with zero attached hydrogens (tertiary/aromatic N) is 2. The number of carbonyl (C=O) groups excluding carboxylic acids is 1. The van der Waals surface area contributed by atoms with Gasteiger partial charge in [0.15, 0.2) is 5.78 Å². The van der Waals surface area contributed by atoms with E-state index < -0.39 is 0 Å². The van der Waals surface area contributed by atoms with E-state index in [1.807, 2.05) is 19.2 Å². The van der Waals surface area contributed by atoms with Crippen LogP contribution in [-0.2, 0) is 13.5 Å². The fraction of sp³-hybridized carbons (Fsp3) is 0.200. The molecule has 1 heterocycles. The van der Waals surface area contributed by atoms with E-state index in [0.717, 1.165) is 23.3 Å². The SMILES string of the molecule is Cn1ncc2c1CC/C(=C\c1cccc(O)c1)C2=O. The fourth-order valence-electron chi connectivity index (χ4n) is 2.44. The van der Waals surface area contributed by atoms with E-state index in [1.165, 1.54) is 0 Å². The molecular formula is C15H14N2O2. The van der Waals surface area contributed by atoms with Gasteiger partial charge in [0.1, 0.15) is 5.75 Å². The van der Waals surface area contributed by atoms with E-state index >= 15 is 0 Å². The molecule has 1 aliphatic rings. The predicted octanol–water partition coefficient (Wildman–Crippen LogP) is 2.34. The molecule has 0 saturated heterocycles. The lowest BCUT2D eigenvalue weighted by atomic mass is 9.90. The standard InChI is InChI=1S/C15H14N2O2/c1-17-14-6-5-11(15(19)13(14)9-16-17)7-10-3-2-4-12(18)8-10/h2-4,7-9,18H,5-6H2,1H3/b11-7+. The van der Waals surface area contributed by atoms with Crippen LogP contribution in [0.5, 0.6) is 5.75 Å². The lowest BCUT2D eigenvalue weighted by molar-refractivity contribution is 0.102. The van der Waals surface area contributed by atoms with Crippen molar-refractivity contribution >= 4 is 11.9 Å². The van der Waals surface area contributed by atoms with Crippen molar-refractivity contribution in [2.45, 2.75) is 12.8 Å². The number of hydrogen-bond acceptors (Lipinski definition) is 3. The molecule has 96 valence electrons. The highest BCUT2D eigenvalue weighted by Crippen LogP contribution is 2.26. The molecule has 0 unspecified atom stereocenters. The molecule has 4 heteroatoms. The maximum absolute atomic E-state index is 12.3. The van der Waals surface area contributed by atoms with Crippen LogP contribution in [-0.4, -0.2) is 20.7 Å². The van der Waals surface area contributed by atoms with Gasteiger partial charge in [-0.15, -0.1) is 0 Å². The van der Waals surface area contributed by atoms with Crippen molar-refractivity contribution < 1.29 is 9.90 Å². The molecule has 4 nitrogen and oxygen atoms in total. The minimum atomic E-state index is 0.0395. The number of Topliss-reactive ketones (excluding diaryl/α,β-unsaturated/α-hetero) is 1. The summed E-state index contributed by atoms with van der Waals surface area (Å²) < 4.78 is 1.76. The first-order chi connectivity index (χ1) is 9.15. The zero-order valence-electron chi connectivity index (χ0n) is 10.6. The van der Waals surface area contributed by atoms with Gasteiger partial charge in [0.25, 0.3) is 0 Å². The number of carbonyl (C=O) groups is 1. The summed E-state index contributed by atoms with van der Waals surface area (Å²) in [4.78, 5) is 12.3. The Morgan fingerprint density at radius 2 is 2.21 bits per heavy atom. The summed E-state index contributed by atoms with van der Waals surface area (Å²) >= 11 is 0. The highest BCUT2D eigenvalue weighted by atomic mass is 16.3. The molecule has 0 aliphatic heterocycles. The number of aromatic hydroxyl groups is 1. The van der Waals surface area contributed by atoms with Gasteiger partial charge in [0, 0.05) is 18.3 Å². The minimum absolute atomic E-state index is 0.0395. The number of phenolic OH excluding ortho intramolecular Hbond substituents is 1. The number of phenols is 1. The van der Waals surface area contributed by atoms with Crippen LogP contribution in [0.4, 0.5) is 0 Å². The van der Waals surface area contributed by atoms with Crippen LogP contribution < -0.4 is 0 Å². The summed E-state index contributed by atoms with van der Waals surface area (Å²) in [6.07, 6.45) is 5.01. The third-order valence-corrected chi connectivity index (χ3v) is 3.44. The predicted molar refractivity (Wildman–Crippen MR) is 71.9 cm³/mol. The zero-order valence-corrected chi connectivity index (χ0v) is 10.6. The number of rotatable bonds is 1. The normalized spacial score (nSPS) is 16.7. The fourth-order valence-corrected chi connectivity index (χ4v) is 2.44. The Balaban J connectivity index is 1.98. The number of benzene rings is 1. The maximum atomic E-state index is 12.3. The van der Waals surface area contributed by atoms with E-state index in [2.05, 4.69) is 5.10 Å². The van der Waals surface area contributed by atoms with E-state index in [0.29, 0.717) is 12.0 Å². The summed E-state index contributed by atoms with van der Waals surface area (Å²) in [5.41, 5.74) is 3.31. The van der Waals surface area contributed by atoms with Crippen molar-refractivity contribution in [2.24, 2.45) is 7.05 Å². The molecule has 0 radical (unpaired) electrons. The van der Waals surface area contributed by atoms with E-state index in [1.54, 1.807) is 29.1 Å². The second-order valence-corrected chi connectivity index (χ2v) is 4.72. The van der Waals surface area contributed by atoms with Gasteiger partial charge in [-0.05, 0) is 36.6 Å². The van der Waals surface area contributed by atoms with Crippen molar-refractivity contribution in [1.29, 1.82) is 0 Å². The van der Waals surface area contributed by atoms with Crippen molar-refractivity contribution in [3.63, 3.8) is 0 Å². The van der Waals surface area contributed by atoms with Crippen LogP contribution >= 0.6 is 0 Å². The molecule has 0 spiro atoms. The lowest BCUT2D eigenvalue weighted by Gasteiger charge is -2.14. The topological polar surface area (TPSA) is 55.1 Å². The Kier molecular flexibility index (Phi) is 2.71. The van der Waals surface area contributed by atoms with Crippen LogP contribution in [0.1, 0.15) is 28.0 Å². The first kappa shape index (κ1) is 11.7. The van der Waals surface area contributed by atoms with Gasteiger partial charge >= 0.3 is 0 Å². The van der Waals surface area contributed by atoms with Gasteiger partial charge in [-0.25, -0.2) is 0 Å². The maximum Gasteiger partial charge on any atom is 0.192 e. The lowest BCUT2D eigenvalue weighted by Crippen LogP contribution is -2.14. The van der Waals surface area contributed by atoms with E-state index in [4.69, 9.17) is 0 Å². The monoisotopic (exact) mass is 254 g/mol. The van der Waals surface area contributed by atoms with Crippen molar-refractivity contribution in [2.75, 3.05) is 0 Å². The molecule has 1 N–H and O–H groups in total. The Bertz CT molecular complexity index is 683. The van der Waals surface area contributed by atoms with E-state index in [9.17, 15) is 9.90 Å². The summed E-state index contributed by atoms with van der Waals surface area (Å²) in [5, 5.41) is 13.6. The van der Waals surface area contributed by atoms with Crippen molar-refractivity contribution in [3.8, 4) is 5.75 Å². The second kappa shape index (κ2) is 4.39. The Labute approximate surface area is 111 Å². The van der Waals surface area contributed by atoms with E-state index in [-0.39, 0.29) is 11.5 Å². The first-order valence-corrected chi connectivity index (χ1v) is 6.20. The number of ketones is 1. The number of hydrogen-bond donors (Lipinski definition) is 1. The minimum Gasteiger partial charge on any atom is -0.508 e. The van der Waals surface area contributed by atoms with Crippen LogP contribution in [0.3, 0.4) is 0 Å². The van der Waals surface area contributed by atoms with Crippen LogP contribution in [0.2, 0.25) is 0 Å². The largest absolute Gasteiger partial charge is 0.508 e. The average molecular weight is 254 g/mol. The highest BCUT2D eigenvalue weighted by molar-refractivity contribution is 6.12. The number of fused-ring (bicyclic) bond motifs is 1. The molecular weight excluding hydrogens is 240 g/mol. The number of aromatic nitrogens is 2. The Hall–Kier alpha value is -2.36. The van der Waals surface area contributed by atoms with Gasteiger partial charge in [-0.1, -0.05) is 12.1 Å². The van der Waals surface area contributed by atoms with Gasteiger partial charge in [0.05, 0.1) is 11.8 Å². The molecule has 1 aromatic carbocycles. The summed E-state index contributed by atoms with van der Waals surface area (Å²) in [6.45, 7) is 0. The molecule has 0 amide bonds. The van der Waals surface area contributed by atoms with Crippen LogP contribution in [0.15, 0.2) is 36.0 Å². The molecule has 0 fully saturated rings. The third kappa shape index (κ3) is 2.05. The summed E-state index contributed by atoms with van der Waals surface area (Å²) in [7, 11) is 1.86. The van der Waals surface area contributed by atoms with Crippen LogP contribution in [0, 0.1) is 0 Å². The van der Waals surface area contributed by atoms with Crippen LogP contribution in [0.25, 0.3) is 6.08 Å². The van der Waals surface area contributed by atoms with Gasteiger partial charge in [0.2, 0.25) is 0 Å². The zero-order chi connectivity index (χ0) is 13.4. The van der Waals surface area contributed by atoms with Crippen molar-refractivity contribution in [3.05, 3.63) is 52.9 Å². The smallest absolute Gasteiger partial charge is 0.192 e. The van der Waals surface area contributed by atoms with Gasteiger partial charge in [-0.2, -0.15) is 5.10 Å². The first-order valence-electron chi connectivity index (χ1n) is 6.20. The highest BCUT2D eigenvalue weighted by Gasteiger charge is 2.24. The third-order valence-electron chi connectivity index (χ3n) is 3.44. The molecule has 19 heavy (non-hydrogen) atoms. The average Bonchev–Trinajstić information content (AvgIpc) is 2.76. The number of allylic oxidation sites excluding steroid dienone is 1. The molecule has 3 rings (SSSR count). The van der Waals surface area contributed by atoms with Gasteiger partial charge in [-0.3, -0.25) is 9.48 Å². The quantitative estimate of drug-likeness (QED) is 0.795. The Morgan fingerprint density at radius 1 is 1.37 bits per heavy atom. The van der Waals surface area contributed by atoms with Crippen molar-refractivity contribution in [1.82, 2.24) is 9.78 Å². The number of aryl methyl sites for hydroxylation is 1. The molecule has 2 aromatic rings. The second-order valence-electron chi connectivity index (χ2n) is 4.72. The summed E-state index contributed by atoms with van der Waals surface area (Å²) in [5.74, 6) is 0.248. The molecule has 1 aromatic heterocycles. The molecule has 0 saturated carbocycles.